The van der Waals surface area contributed by atoms with Gasteiger partial charge >= 0.3 is 0 Å². The maximum Gasteiger partial charge on any atom is 0.250 e. The number of rotatable bonds is 4. The van der Waals surface area contributed by atoms with Gasteiger partial charge < -0.3 is 9.88 Å². The topological polar surface area (TPSA) is 88.5 Å². The zero-order valence-corrected chi connectivity index (χ0v) is 19.4. The second-order valence-electron chi connectivity index (χ2n) is 8.89. The summed E-state index contributed by atoms with van der Waals surface area (Å²) in [5.74, 6) is -0.873. The van der Waals surface area contributed by atoms with Gasteiger partial charge in [-0.2, -0.15) is 4.31 Å². The summed E-state index contributed by atoms with van der Waals surface area (Å²) in [5.41, 5.74) is 2.08. The molecule has 2 aliphatic rings. The minimum Gasteiger partial charge on any atom is -0.326 e. The lowest BCUT2D eigenvalue weighted by Crippen LogP contribution is -2.49. The van der Waals surface area contributed by atoms with Crippen molar-refractivity contribution in [3.63, 3.8) is 0 Å². The normalized spacial score (nSPS) is 19.9. The predicted octanol–water partition coefficient (Wildman–Crippen LogP) is 3.42. The Balaban J connectivity index is 1.51. The molecule has 2 bridgehead atoms. The van der Waals surface area contributed by atoms with Crippen LogP contribution in [0.15, 0.2) is 70.4 Å². The molecule has 176 valence electrons. The molecule has 0 aliphatic carbocycles. The first-order valence-corrected chi connectivity index (χ1v) is 12.5. The van der Waals surface area contributed by atoms with Gasteiger partial charge in [0.15, 0.2) is 0 Å². The maximum atomic E-state index is 14.6. The molecule has 9 heteroatoms. The van der Waals surface area contributed by atoms with E-state index in [1.54, 1.807) is 41.0 Å². The molecule has 3 aromatic rings. The van der Waals surface area contributed by atoms with Crippen LogP contribution in [-0.2, 0) is 21.4 Å². The lowest BCUT2D eigenvalue weighted by atomic mass is 9.81. The molecule has 1 amide bonds. The molecule has 7 nitrogen and oxygen atoms in total. The van der Waals surface area contributed by atoms with E-state index in [9.17, 15) is 22.4 Å². The number of pyridine rings is 1. The van der Waals surface area contributed by atoms with E-state index in [1.807, 2.05) is 0 Å². The number of halogens is 1. The Morgan fingerprint density at radius 1 is 0.971 bits per heavy atom. The first-order valence-electron chi connectivity index (χ1n) is 11.1. The van der Waals surface area contributed by atoms with Crippen LogP contribution in [0.4, 0.5) is 10.1 Å². The number of hydrogen-bond acceptors (Lipinski definition) is 4. The number of amides is 1. The molecule has 2 aliphatic heterocycles. The third-order valence-corrected chi connectivity index (χ3v) is 8.38. The summed E-state index contributed by atoms with van der Waals surface area (Å²) in [4.78, 5) is 24.1. The highest BCUT2D eigenvalue weighted by molar-refractivity contribution is 7.89. The summed E-state index contributed by atoms with van der Waals surface area (Å²) in [6, 6.07) is 15.6. The number of nitrogens with zero attached hydrogens (tertiary/aromatic N) is 2. The Labute approximate surface area is 196 Å². The number of carbonyl (C=O) groups excluding carboxylic acids is 1. The van der Waals surface area contributed by atoms with Crippen molar-refractivity contribution < 1.29 is 17.6 Å². The van der Waals surface area contributed by atoms with Crippen LogP contribution in [0.1, 0.15) is 25.0 Å². The van der Waals surface area contributed by atoms with Gasteiger partial charge in [0.2, 0.25) is 15.9 Å². The first kappa shape index (κ1) is 22.5. The number of piperidine rings is 1. The van der Waals surface area contributed by atoms with Crippen molar-refractivity contribution >= 4 is 21.6 Å². The van der Waals surface area contributed by atoms with E-state index in [1.165, 1.54) is 35.5 Å². The first-order chi connectivity index (χ1) is 16.2. The lowest BCUT2D eigenvalue weighted by molar-refractivity contribution is -0.114. The van der Waals surface area contributed by atoms with Gasteiger partial charge in [-0.1, -0.05) is 18.2 Å². The monoisotopic (exact) mass is 481 g/mol. The molecule has 0 spiro atoms. The fourth-order valence-electron chi connectivity index (χ4n) is 5.14. The zero-order valence-electron chi connectivity index (χ0n) is 18.6. The summed E-state index contributed by atoms with van der Waals surface area (Å²) in [6.07, 6.45) is 0.735. The van der Waals surface area contributed by atoms with E-state index < -0.39 is 10.0 Å². The Kier molecular flexibility index (Phi) is 5.61. The van der Waals surface area contributed by atoms with Gasteiger partial charge in [0, 0.05) is 61.1 Å². The highest BCUT2D eigenvalue weighted by atomic mass is 32.2. The van der Waals surface area contributed by atoms with Gasteiger partial charge in [-0.15, -0.1) is 0 Å². The minimum atomic E-state index is -3.79. The van der Waals surface area contributed by atoms with Crippen LogP contribution in [0, 0.1) is 11.7 Å². The van der Waals surface area contributed by atoms with E-state index in [-0.39, 0.29) is 40.6 Å². The van der Waals surface area contributed by atoms with Crippen molar-refractivity contribution in [1.29, 1.82) is 0 Å². The van der Waals surface area contributed by atoms with E-state index in [2.05, 4.69) is 5.32 Å². The number of aromatic nitrogens is 1. The van der Waals surface area contributed by atoms with Gasteiger partial charge in [0.1, 0.15) is 5.82 Å². The smallest absolute Gasteiger partial charge is 0.250 e. The Morgan fingerprint density at radius 2 is 1.71 bits per heavy atom. The highest BCUT2D eigenvalue weighted by Gasteiger charge is 2.40. The van der Waals surface area contributed by atoms with Gasteiger partial charge in [0.25, 0.3) is 5.56 Å². The largest absolute Gasteiger partial charge is 0.326 e. The summed E-state index contributed by atoms with van der Waals surface area (Å²) in [6.45, 7) is 2.29. The fraction of sp³-hybridized carbons (Fsp3) is 0.280. The summed E-state index contributed by atoms with van der Waals surface area (Å²) in [5, 5.41) is 2.63. The van der Waals surface area contributed by atoms with Crippen molar-refractivity contribution in [2.45, 2.75) is 30.7 Å². The molecule has 0 saturated carbocycles. The maximum absolute atomic E-state index is 14.6. The molecule has 5 rings (SSSR count). The van der Waals surface area contributed by atoms with Crippen molar-refractivity contribution in [3.8, 4) is 11.1 Å². The van der Waals surface area contributed by atoms with Crippen LogP contribution in [0.2, 0.25) is 0 Å². The average molecular weight is 482 g/mol. The molecular weight excluding hydrogens is 457 g/mol. The van der Waals surface area contributed by atoms with Crippen LogP contribution in [0.5, 0.6) is 0 Å². The van der Waals surface area contributed by atoms with Crippen molar-refractivity contribution in [1.82, 2.24) is 8.87 Å². The van der Waals surface area contributed by atoms with E-state index in [0.29, 0.717) is 35.6 Å². The molecule has 2 aromatic carbocycles. The molecule has 2 atom stereocenters. The van der Waals surface area contributed by atoms with Crippen molar-refractivity contribution in [2.24, 2.45) is 5.92 Å². The molecule has 1 saturated heterocycles. The Bertz CT molecular complexity index is 1430. The molecule has 3 heterocycles. The zero-order chi connectivity index (χ0) is 24.0. The number of sulfonamides is 1. The van der Waals surface area contributed by atoms with Crippen LogP contribution in [0.25, 0.3) is 11.1 Å². The Morgan fingerprint density at radius 3 is 2.41 bits per heavy atom. The van der Waals surface area contributed by atoms with Crippen molar-refractivity contribution in [3.05, 3.63) is 82.5 Å². The summed E-state index contributed by atoms with van der Waals surface area (Å²) >= 11 is 0. The number of nitrogens with one attached hydrogen (secondary N) is 1. The number of benzene rings is 2. The third-order valence-electron chi connectivity index (χ3n) is 6.53. The lowest BCUT2D eigenvalue weighted by Gasteiger charge is -2.42. The predicted molar refractivity (Wildman–Crippen MR) is 126 cm³/mol. The van der Waals surface area contributed by atoms with Crippen LogP contribution in [-0.4, -0.2) is 36.3 Å². The molecule has 1 aromatic heterocycles. The highest BCUT2D eigenvalue weighted by Crippen LogP contribution is 2.41. The quantitative estimate of drug-likeness (QED) is 0.619. The third kappa shape index (κ3) is 3.95. The van der Waals surface area contributed by atoms with Crippen LogP contribution in [0.3, 0.4) is 0 Å². The fourth-order valence-corrected chi connectivity index (χ4v) is 6.70. The van der Waals surface area contributed by atoms with Gasteiger partial charge in [-0.25, -0.2) is 12.8 Å². The average Bonchev–Trinajstić information content (AvgIpc) is 2.80. The van der Waals surface area contributed by atoms with Crippen LogP contribution < -0.4 is 10.9 Å². The number of fused-ring (bicyclic) bond motifs is 4. The van der Waals surface area contributed by atoms with E-state index in [4.69, 9.17) is 0 Å². The molecule has 1 fully saturated rings. The van der Waals surface area contributed by atoms with Gasteiger partial charge in [-0.05, 0) is 48.7 Å². The number of anilines is 1. The number of carbonyl (C=O) groups is 1. The SMILES string of the molecule is CC(=O)Nc1ccc(S(=O)(=O)N2CC3CC(C2)c2c(-c4ccccc4F)ccc(=O)n2C3)cc1. The van der Waals surface area contributed by atoms with Crippen molar-refractivity contribution in [2.75, 3.05) is 18.4 Å². The molecule has 34 heavy (non-hydrogen) atoms. The molecule has 0 radical (unpaired) electrons. The number of hydrogen-bond donors (Lipinski definition) is 1. The summed E-state index contributed by atoms with van der Waals surface area (Å²) < 4.78 is 44.7. The minimum absolute atomic E-state index is 0.0201. The summed E-state index contributed by atoms with van der Waals surface area (Å²) in [7, 11) is -3.79. The van der Waals surface area contributed by atoms with E-state index >= 15 is 0 Å². The molecule has 2 unspecified atom stereocenters. The second kappa shape index (κ2) is 8.48. The van der Waals surface area contributed by atoms with E-state index in [0.717, 1.165) is 6.42 Å². The Hall–Kier alpha value is -3.30. The second-order valence-corrected chi connectivity index (χ2v) is 10.8. The molecule has 1 N–H and O–H groups in total. The van der Waals surface area contributed by atoms with Gasteiger partial charge in [0.05, 0.1) is 4.90 Å². The molecular formula is C25H24FN3O4S. The van der Waals surface area contributed by atoms with Gasteiger partial charge in [-0.3, -0.25) is 9.59 Å². The standard InChI is InChI=1S/C25H24FN3O4S/c1-16(30)27-19-6-8-20(9-7-19)34(32,33)28-13-17-12-18(15-28)25-22(10-11-24(31)29(25)14-17)21-4-2-3-5-23(21)26/h2-11,17-18H,12-15H2,1H3,(H,27,30). The van der Waals surface area contributed by atoms with Crippen LogP contribution >= 0.6 is 0 Å².